The zero-order valence-electron chi connectivity index (χ0n) is 12.4. The minimum absolute atomic E-state index is 0.0746. The molecule has 0 saturated heterocycles. The number of aromatic amines is 1. The van der Waals surface area contributed by atoms with Crippen LogP contribution in [0.15, 0.2) is 48.7 Å². The monoisotopic (exact) mass is 330 g/mol. The Morgan fingerprint density at radius 2 is 1.96 bits per heavy atom. The highest BCUT2D eigenvalue weighted by molar-refractivity contribution is 6.31. The summed E-state index contributed by atoms with van der Waals surface area (Å²) in [6.07, 6.45) is 2.91. The molecule has 0 fully saturated rings. The topological polar surface area (TPSA) is 44.9 Å². The summed E-state index contributed by atoms with van der Waals surface area (Å²) in [5, 5.41) is 4.65. The van der Waals surface area contributed by atoms with Gasteiger partial charge in [-0.3, -0.25) is 4.79 Å². The van der Waals surface area contributed by atoms with Crippen molar-refractivity contribution in [1.82, 2.24) is 10.3 Å². The molecule has 2 aromatic carbocycles. The number of benzene rings is 2. The second-order valence-corrected chi connectivity index (χ2v) is 5.84. The van der Waals surface area contributed by atoms with Crippen molar-refractivity contribution < 1.29 is 9.18 Å². The van der Waals surface area contributed by atoms with Gasteiger partial charge in [0.05, 0.1) is 6.42 Å². The molecule has 0 saturated carbocycles. The molecule has 0 bridgehead atoms. The lowest BCUT2D eigenvalue weighted by Crippen LogP contribution is -2.27. The van der Waals surface area contributed by atoms with Gasteiger partial charge in [-0.1, -0.05) is 23.7 Å². The van der Waals surface area contributed by atoms with Crippen molar-refractivity contribution in [1.29, 1.82) is 0 Å². The SMILES string of the molecule is O=C(Cc1ccc(F)cc1)NCCc1c[nH]c2ccc(Cl)cc12. The summed E-state index contributed by atoms with van der Waals surface area (Å²) in [7, 11) is 0. The minimum Gasteiger partial charge on any atom is -0.361 e. The molecule has 118 valence electrons. The number of hydrogen-bond donors (Lipinski definition) is 2. The molecule has 23 heavy (non-hydrogen) atoms. The molecule has 3 nitrogen and oxygen atoms in total. The van der Waals surface area contributed by atoms with E-state index < -0.39 is 0 Å². The predicted molar refractivity (Wildman–Crippen MR) is 90.1 cm³/mol. The Morgan fingerprint density at radius 3 is 2.74 bits per heavy atom. The van der Waals surface area contributed by atoms with Crippen molar-refractivity contribution in [3.05, 3.63) is 70.6 Å². The number of H-pyrrole nitrogens is 1. The van der Waals surface area contributed by atoms with Gasteiger partial charge in [0.1, 0.15) is 5.82 Å². The van der Waals surface area contributed by atoms with Crippen molar-refractivity contribution in [2.24, 2.45) is 0 Å². The summed E-state index contributed by atoms with van der Waals surface area (Å²) < 4.78 is 12.8. The maximum absolute atomic E-state index is 12.8. The summed E-state index contributed by atoms with van der Waals surface area (Å²) in [5.41, 5.74) is 2.94. The van der Waals surface area contributed by atoms with Crippen LogP contribution in [0, 0.1) is 5.82 Å². The first-order valence-electron chi connectivity index (χ1n) is 7.38. The summed E-state index contributed by atoms with van der Waals surface area (Å²) in [5.74, 6) is -0.373. The first-order chi connectivity index (χ1) is 11.1. The maximum atomic E-state index is 12.8. The van der Waals surface area contributed by atoms with Gasteiger partial charge in [-0.25, -0.2) is 4.39 Å². The first kappa shape index (κ1) is 15.6. The van der Waals surface area contributed by atoms with Gasteiger partial charge in [-0.05, 0) is 47.9 Å². The second-order valence-electron chi connectivity index (χ2n) is 5.41. The van der Waals surface area contributed by atoms with Crippen LogP contribution in [0.4, 0.5) is 4.39 Å². The van der Waals surface area contributed by atoms with Crippen LogP contribution in [0.5, 0.6) is 0 Å². The van der Waals surface area contributed by atoms with Gasteiger partial charge in [-0.2, -0.15) is 0 Å². The third-order valence-electron chi connectivity index (χ3n) is 3.72. The zero-order valence-corrected chi connectivity index (χ0v) is 13.2. The lowest BCUT2D eigenvalue weighted by molar-refractivity contribution is -0.120. The quantitative estimate of drug-likeness (QED) is 0.733. The van der Waals surface area contributed by atoms with Crippen LogP contribution < -0.4 is 5.32 Å². The highest BCUT2D eigenvalue weighted by Crippen LogP contribution is 2.22. The summed E-state index contributed by atoms with van der Waals surface area (Å²) >= 11 is 6.02. The Hall–Kier alpha value is -2.33. The normalized spacial score (nSPS) is 10.9. The van der Waals surface area contributed by atoms with E-state index in [1.54, 1.807) is 12.1 Å². The molecule has 0 spiro atoms. The zero-order chi connectivity index (χ0) is 16.2. The second kappa shape index (κ2) is 6.84. The molecule has 1 amide bonds. The van der Waals surface area contributed by atoms with Crippen LogP contribution in [0.3, 0.4) is 0 Å². The predicted octanol–water partition coefficient (Wildman–Crippen LogP) is 3.86. The molecule has 3 rings (SSSR count). The van der Waals surface area contributed by atoms with Crippen molar-refractivity contribution >= 4 is 28.4 Å². The minimum atomic E-state index is -0.299. The van der Waals surface area contributed by atoms with E-state index in [1.165, 1.54) is 12.1 Å². The molecule has 1 aromatic heterocycles. The average molecular weight is 331 g/mol. The van der Waals surface area contributed by atoms with E-state index in [1.807, 2.05) is 24.4 Å². The summed E-state index contributed by atoms with van der Waals surface area (Å²) in [6, 6.07) is 11.7. The van der Waals surface area contributed by atoms with Crippen LogP contribution >= 0.6 is 11.6 Å². The number of hydrogen-bond acceptors (Lipinski definition) is 1. The molecule has 1 heterocycles. The van der Waals surface area contributed by atoms with Gasteiger partial charge >= 0.3 is 0 Å². The maximum Gasteiger partial charge on any atom is 0.224 e. The molecule has 0 atom stereocenters. The van der Waals surface area contributed by atoms with Gasteiger partial charge in [0.2, 0.25) is 5.91 Å². The van der Waals surface area contributed by atoms with Crippen molar-refractivity contribution in [2.45, 2.75) is 12.8 Å². The molecule has 3 aromatic rings. The van der Waals surface area contributed by atoms with Crippen LogP contribution in [0.2, 0.25) is 5.02 Å². The van der Waals surface area contributed by atoms with Gasteiger partial charge in [0.15, 0.2) is 0 Å². The third-order valence-corrected chi connectivity index (χ3v) is 3.96. The molecule has 0 radical (unpaired) electrons. The molecule has 2 N–H and O–H groups in total. The number of rotatable bonds is 5. The fourth-order valence-electron chi connectivity index (χ4n) is 2.54. The largest absolute Gasteiger partial charge is 0.361 e. The van der Waals surface area contributed by atoms with Gasteiger partial charge in [0.25, 0.3) is 0 Å². The van der Waals surface area contributed by atoms with Crippen LogP contribution in [0.25, 0.3) is 10.9 Å². The Morgan fingerprint density at radius 1 is 1.17 bits per heavy atom. The van der Waals surface area contributed by atoms with E-state index in [0.29, 0.717) is 11.6 Å². The lowest BCUT2D eigenvalue weighted by atomic mass is 10.1. The Kier molecular flexibility index (Phi) is 4.63. The van der Waals surface area contributed by atoms with Crippen molar-refractivity contribution in [3.63, 3.8) is 0 Å². The first-order valence-corrected chi connectivity index (χ1v) is 7.76. The standard InChI is InChI=1S/C18H16ClFN2O/c19-14-3-6-17-16(10-14)13(11-22-17)7-8-21-18(23)9-12-1-4-15(20)5-2-12/h1-6,10-11,22H,7-9H2,(H,21,23). The average Bonchev–Trinajstić information content (AvgIpc) is 2.92. The molecular weight excluding hydrogens is 315 g/mol. The smallest absolute Gasteiger partial charge is 0.224 e. The van der Waals surface area contributed by atoms with E-state index in [2.05, 4.69) is 10.3 Å². The fourth-order valence-corrected chi connectivity index (χ4v) is 2.72. The Bertz CT molecular complexity index is 827. The van der Waals surface area contributed by atoms with Gasteiger partial charge in [-0.15, -0.1) is 0 Å². The fraction of sp³-hybridized carbons (Fsp3) is 0.167. The van der Waals surface area contributed by atoms with Crippen molar-refractivity contribution in [2.75, 3.05) is 6.54 Å². The molecular formula is C18H16ClFN2O. The van der Waals surface area contributed by atoms with E-state index in [0.717, 1.165) is 28.5 Å². The number of amides is 1. The van der Waals surface area contributed by atoms with Crippen LogP contribution in [0.1, 0.15) is 11.1 Å². The Balaban J connectivity index is 1.55. The highest BCUT2D eigenvalue weighted by atomic mass is 35.5. The van der Waals surface area contributed by atoms with Crippen LogP contribution in [-0.2, 0) is 17.6 Å². The van der Waals surface area contributed by atoms with Gasteiger partial charge < -0.3 is 10.3 Å². The molecule has 0 aliphatic rings. The van der Waals surface area contributed by atoms with Crippen LogP contribution in [-0.4, -0.2) is 17.4 Å². The van der Waals surface area contributed by atoms with E-state index in [4.69, 9.17) is 11.6 Å². The number of carbonyl (C=O) groups is 1. The lowest BCUT2D eigenvalue weighted by Gasteiger charge is -2.05. The number of carbonyl (C=O) groups excluding carboxylic acids is 1. The molecule has 0 aliphatic carbocycles. The van der Waals surface area contributed by atoms with Gasteiger partial charge in [0, 0.05) is 28.7 Å². The summed E-state index contributed by atoms with van der Waals surface area (Å²) in [6.45, 7) is 0.541. The third kappa shape index (κ3) is 3.90. The highest BCUT2D eigenvalue weighted by Gasteiger charge is 2.06. The molecule has 0 aliphatic heterocycles. The van der Waals surface area contributed by atoms with Crippen molar-refractivity contribution in [3.8, 4) is 0 Å². The summed E-state index contributed by atoms with van der Waals surface area (Å²) in [4.78, 5) is 15.1. The number of fused-ring (bicyclic) bond motifs is 1. The van der Waals surface area contributed by atoms with E-state index in [9.17, 15) is 9.18 Å². The Labute approximate surface area is 138 Å². The number of nitrogens with one attached hydrogen (secondary N) is 2. The number of halogens is 2. The number of aromatic nitrogens is 1. The molecule has 0 unspecified atom stereocenters. The van der Waals surface area contributed by atoms with E-state index >= 15 is 0 Å². The molecule has 5 heteroatoms. The van der Waals surface area contributed by atoms with E-state index in [-0.39, 0.29) is 18.1 Å².